The number of hydrogen-bond acceptors (Lipinski definition) is 4. The Hall–Kier alpha value is -0.620. The van der Waals surface area contributed by atoms with E-state index in [0.717, 1.165) is 11.1 Å². The second kappa shape index (κ2) is 5.82. The van der Waals surface area contributed by atoms with E-state index in [4.69, 9.17) is 17.4 Å². The van der Waals surface area contributed by atoms with Crippen molar-refractivity contribution >= 4 is 21.4 Å². The number of rotatable bonds is 5. The van der Waals surface area contributed by atoms with Crippen molar-refractivity contribution in [2.75, 3.05) is 12.0 Å². The summed E-state index contributed by atoms with van der Waals surface area (Å²) >= 11 is 5.95. The molecule has 1 rings (SSSR count). The van der Waals surface area contributed by atoms with Gasteiger partial charge in [0.1, 0.15) is 9.84 Å². The molecule has 96 valence electrons. The Morgan fingerprint density at radius 1 is 1.41 bits per heavy atom. The summed E-state index contributed by atoms with van der Waals surface area (Å²) in [6, 6.07) is 5.37. The first-order valence-corrected chi connectivity index (χ1v) is 7.66. The van der Waals surface area contributed by atoms with Crippen molar-refractivity contribution in [1.29, 1.82) is 0 Å². The predicted molar refractivity (Wildman–Crippen MR) is 70.6 cm³/mol. The quantitative estimate of drug-likeness (QED) is 0.633. The largest absolute Gasteiger partial charge is 0.271 e. The fourth-order valence-electron chi connectivity index (χ4n) is 1.64. The lowest BCUT2D eigenvalue weighted by Crippen LogP contribution is -2.29. The van der Waals surface area contributed by atoms with E-state index in [0.29, 0.717) is 11.4 Å². The number of hydrogen-bond donors (Lipinski definition) is 2. The summed E-state index contributed by atoms with van der Waals surface area (Å²) in [7, 11) is -2.99. The SMILES string of the molecule is Cc1cc(Cl)cc(C(CCS(C)(=O)=O)NN)c1. The normalized spacial score (nSPS) is 13.6. The molecular weight excluding hydrogens is 260 g/mol. The molecule has 0 radical (unpaired) electrons. The van der Waals surface area contributed by atoms with E-state index in [1.165, 1.54) is 6.26 Å². The lowest BCUT2D eigenvalue weighted by atomic mass is 10.0. The van der Waals surface area contributed by atoms with Crippen LogP contribution in [0.5, 0.6) is 0 Å². The molecule has 0 aromatic heterocycles. The predicted octanol–water partition coefficient (Wildman–Crippen LogP) is 1.59. The Bertz CT molecular complexity index is 468. The molecule has 1 aromatic rings. The van der Waals surface area contributed by atoms with Crippen LogP contribution < -0.4 is 11.3 Å². The van der Waals surface area contributed by atoms with Gasteiger partial charge in [-0.1, -0.05) is 17.7 Å². The first kappa shape index (κ1) is 14.4. The summed E-state index contributed by atoms with van der Waals surface area (Å²) in [5.41, 5.74) is 4.55. The van der Waals surface area contributed by atoms with Crippen LogP contribution in [0.4, 0.5) is 0 Å². The van der Waals surface area contributed by atoms with Crippen LogP contribution in [0.15, 0.2) is 18.2 Å². The van der Waals surface area contributed by atoms with Crippen molar-refractivity contribution in [3.8, 4) is 0 Å². The highest BCUT2D eigenvalue weighted by Crippen LogP contribution is 2.22. The van der Waals surface area contributed by atoms with Gasteiger partial charge in [0.15, 0.2) is 0 Å². The van der Waals surface area contributed by atoms with Crippen molar-refractivity contribution in [2.45, 2.75) is 19.4 Å². The number of aryl methyl sites for hydroxylation is 1. The molecule has 0 amide bonds. The summed E-state index contributed by atoms with van der Waals surface area (Å²) in [4.78, 5) is 0. The third-order valence-corrected chi connectivity index (χ3v) is 3.64. The number of halogens is 1. The Balaban J connectivity index is 2.86. The summed E-state index contributed by atoms with van der Waals surface area (Å²) in [6.45, 7) is 1.93. The maximum Gasteiger partial charge on any atom is 0.147 e. The summed E-state index contributed by atoms with van der Waals surface area (Å²) in [5.74, 6) is 5.54. The molecule has 0 fully saturated rings. The highest BCUT2D eigenvalue weighted by atomic mass is 35.5. The fraction of sp³-hybridized carbons (Fsp3) is 0.455. The monoisotopic (exact) mass is 276 g/mol. The van der Waals surface area contributed by atoms with Gasteiger partial charge in [-0.3, -0.25) is 11.3 Å². The Morgan fingerprint density at radius 2 is 2.06 bits per heavy atom. The van der Waals surface area contributed by atoms with Crippen molar-refractivity contribution in [3.05, 3.63) is 34.3 Å². The van der Waals surface area contributed by atoms with Crippen LogP contribution in [-0.4, -0.2) is 20.4 Å². The lowest BCUT2D eigenvalue weighted by Gasteiger charge is -2.16. The average Bonchev–Trinajstić information content (AvgIpc) is 2.15. The molecule has 0 bridgehead atoms. The smallest absolute Gasteiger partial charge is 0.147 e. The van der Waals surface area contributed by atoms with Crippen LogP contribution in [0.3, 0.4) is 0 Å². The zero-order valence-electron chi connectivity index (χ0n) is 9.90. The van der Waals surface area contributed by atoms with Gasteiger partial charge in [-0.15, -0.1) is 0 Å². The third-order valence-electron chi connectivity index (χ3n) is 2.45. The van der Waals surface area contributed by atoms with Crippen molar-refractivity contribution in [2.24, 2.45) is 5.84 Å². The molecule has 0 aliphatic heterocycles. The third kappa shape index (κ3) is 5.04. The van der Waals surface area contributed by atoms with Gasteiger partial charge >= 0.3 is 0 Å². The molecule has 3 N–H and O–H groups in total. The van der Waals surface area contributed by atoms with Gasteiger partial charge < -0.3 is 0 Å². The van der Waals surface area contributed by atoms with Gasteiger partial charge in [0.05, 0.1) is 5.75 Å². The van der Waals surface area contributed by atoms with Gasteiger partial charge in [0.2, 0.25) is 0 Å². The molecule has 1 aromatic carbocycles. The number of hydrazine groups is 1. The number of nitrogens with two attached hydrogens (primary N) is 1. The van der Waals surface area contributed by atoms with Crippen molar-refractivity contribution in [3.63, 3.8) is 0 Å². The Kier molecular flexibility index (Phi) is 4.94. The minimum atomic E-state index is -2.99. The van der Waals surface area contributed by atoms with Crippen LogP contribution >= 0.6 is 11.6 Å². The lowest BCUT2D eigenvalue weighted by molar-refractivity contribution is 0.531. The maximum absolute atomic E-state index is 11.1. The molecule has 0 heterocycles. The zero-order chi connectivity index (χ0) is 13.1. The van der Waals surface area contributed by atoms with Crippen molar-refractivity contribution in [1.82, 2.24) is 5.43 Å². The number of benzene rings is 1. The fourth-order valence-corrected chi connectivity index (χ4v) is 2.61. The standard InChI is InChI=1S/C11H17ClN2O2S/c1-8-5-9(7-10(12)6-8)11(14-13)3-4-17(2,15)16/h5-7,11,14H,3-4,13H2,1-2H3. The van der Waals surface area contributed by atoms with E-state index in [-0.39, 0.29) is 11.8 Å². The van der Waals surface area contributed by atoms with Gasteiger partial charge in [-0.2, -0.15) is 0 Å². The van der Waals surface area contributed by atoms with E-state index in [2.05, 4.69) is 5.43 Å². The molecule has 1 unspecified atom stereocenters. The molecule has 6 heteroatoms. The van der Waals surface area contributed by atoms with E-state index in [9.17, 15) is 8.42 Å². The van der Waals surface area contributed by atoms with Gasteiger partial charge in [0, 0.05) is 17.3 Å². The van der Waals surface area contributed by atoms with Crippen LogP contribution in [0.1, 0.15) is 23.6 Å². The number of sulfone groups is 1. The van der Waals surface area contributed by atoms with E-state index in [1.807, 2.05) is 19.1 Å². The highest BCUT2D eigenvalue weighted by molar-refractivity contribution is 7.90. The molecule has 0 spiro atoms. The molecule has 17 heavy (non-hydrogen) atoms. The summed E-state index contributed by atoms with van der Waals surface area (Å²) in [6.07, 6.45) is 1.64. The van der Waals surface area contributed by atoms with Crippen LogP contribution in [-0.2, 0) is 9.84 Å². The first-order chi connectivity index (χ1) is 7.81. The minimum Gasteiger partial charge on any atom is -0.271 e. The first-order valence-electron chi connectivity index (χ1n) is 5.23. The molecular formula is C11H17ClN2O2S. The van der Waals surface area contributed by atoms with Crippen LogP contribution in [0.25, 0.3) is 0 Å². The maximum atomic E-state index is 11.1. The summed E-state index contributed by atoms with van der Waals surface area (Å²) in [5, 5.41) is 0.625. The van der Waals surface area contributed by atoms with Crippen LogP contribution in [0, 0.1) is 6.92 Å². The zero-order valence-corrected chi connectivity index (χ0v) is 11.5. The highest BCUT2D eigenvalue weighted by Gasteiger charge is 2.13. The van der Waals surface area contributed by atoms with Gasteiger partial charge in [0.25, 0.3) is 0 Å². The topological polar surface area (TPSA) is 72.2 Å². The minimum absolute atomic E-state index is 0.0907. The molecule has 0 aliphatic carbocycles. The molecule has 4 nitrogen and oxygen atoms in total. The van der Waals surface area contributed by atoms with Gasteiger partial charge in [-0.05, 0) is 36.6 Å². The van der Waals surface area contributed by atoms with Crippen molar-refractivity contribution < 1.29 is 8.42 Å². The van der Waals surface area contributed by atoms with E-state index < -0.39 is 9.84 Å². The molecule has 0 aliphatic rings. The van der Waals surface area contributed by atoms with E-state index in [1.54, 1.807) is 6.07 Å². The Labute approximate surface area is 107 Å². The number of nitrogens with one attached hydrogen (secondary N) is 1. The molecule has 1 atom stereocenters. The van der Waals surface area contributed by atoms with E-state index >= 15 is 0 Å². The molecule has 0 saturated heterocycles. The Morgan fingerprint density at radius 3 is 2.53 bits per heavy atom. The average molecular weight is 277 g/mol. The summed E-state index contributed by atoms with van der Waals surface area (Å²) < 4.78 is 22.2. The molecule has 0 saturated carbocycles. The second-order valence-electron chi connectivity index (χ2n) is 4.20. The second-order valence-corrected chi connectivity index (χ2v) is 6.90. The van der Waals surface area contributed by atoms with Crippen LogP contribution in [0.2, 0.25) is 5.02 Å². The van der Waals surface area contributed by atoms with Gasteiger partial charge in [-0.25, -0.2) is 8.42 Å².